The molecule has 2 aromatic rings. The fraction of sp³-hybridized carbons (Fsp3) is 0.333. The molecule has 4 nitrogen and oxygen atoms in total. The molecular weight excluding hydrogens is 238 g/mol. The van der Waals surface area contributed by atoms with Gasteiger partial charge in [0.15, 0.2) is 0 Å². The van der Waals surface area contributed by atoms with Crippen molar-refractivity contribution in [2.24, 2.45) is 0 Å². The lowest BCUT2D eigenvalue weighted by Crippen LogP contribution is -2.30. The van der Waals surface area contributed by atoms with E-state index in [1.165, 1.54) is 10.9 Å². The first-order chi connectivity index (χ1) is 9.13. The van der Waals surface area contributed by atoms with Crippen molar-refractivity contribution < 1.29 is 4.79 Å². The van der Waals surface area contributed by atoms with Crippen LogP contribution in [-0.4, -0.2) is 29.0 Å². The lowest BCUT2D eigenvalue weighted by molar-refractivity contribution is -0.130. The average molecular weight is 255 g/mol. The first kappa shape index (κ1) is 13.2. The second-order valence-electron chi connectivity index (χ2n) is 4.68. The summed E-state index contributed by atoms with van der Waals surface area (Å²) in [6, 6.07) is 10.1. The monoisotopic (exact) mass is 255 g/mol. The second kappa shape index (κ2) is 5.57. The van der Waals surface area contributed by atoms with Gasteiger partial charge >= 0.3 is 0 Å². The molecule has 0 aliphatic carbocycles. The molecule has 0 radical (unpaired) electrons. The van der Waals surface area contributed by atoms with Crippen molar-refractivity contribution in [1.82, 2.24) is 9.47 Å². The van der Waals surface area contributed by atoms with Gasteiger partial charge in [-0.05, 0) is 18.6 Å². The molecule has 0 aliphatic heterocycles. The molecule has 0 unspecified atom stereocenters. The lowest BCUT2D eigenvalue weighted by Gasteiger charge is -2.16. The van der Waals surface area contributed by atoms with E-state index in [2.05, 4.69) is 12.1 Å². The number of hydrogen-bond donors (Lipinski definition) is 0. The van der Waals surface area contributed by atoms with Gasteiger partial charge in [-0.15, -0.1) is 0 Å². The Morgan fingerprint density at radius 1 is 1.42 bits per heavy atom. The fourth-order valence-electron chi connectivity index (χ4n) is 2.17. The topological polar surface area (TPSA) is 49.0 Å². The van der Waals surface area contributed by atoms with Crippen LogP contribution in [0.3, 0.4) is 0 Å². The lowest BCUT2D eigenvalue weighted by atomic mass is 10.2. The number of carbonyl (C=O) groups excluding carboxylic acids is 1. The van der Waals surface area contributed by atoms with Crippen molar-refractivity contribution in [1.29, 1.82) is 5.26 Å². The van der Waals surface area contributed by atoms with Crippen LogP contribution in [0.15, 0.2) is 30.5 Å². The van der Waals surface area contributed by atoms with Crippen molar-refractivity contribution in [3.05, 3.63) is 36.0 Å². The third-order valence-electron chi connectivity index (χ3n) is 3.28. The summed E-state index contributed by atoms with van der Waals surface area (Å²) in [4.78, 5) is 13.7. The number of nitrogens with zero attached hydrogens (tertiary/aromatic N) is 3. The minimum atomic E-state index is 0.0241. The van der Waals surface area contributed by atoms with Crippen LogP contribution in [0.5, 0.6) is 0 Å². The molecule has 0 atom stereocenters. The molecular formula is C15H17N3O. The molecule has 4 heteroatoms. The molecule has 0 spiro atoms. The third kappa shape index (κ3) is 2.76. The highest BCUT2D eigenvalue weighted by molar-refractivity contribution is 5.85. The van der Waals surface area contributed by atoms with E-state index < -0.39 is 0 Å². The number of aromatic nitrogens is 1. The Hall–Kier alpha value is -2.28. The van der Waals surface area contributed by atoms with Crippen LogP contribution >= 0.6 is 0 Å². The van der Waals surface area contributed by atoms with Crippen molar-refractivity contribution in [3.8, 4) is 6.07 Å². The second-order valence-corrected chi connectivity index (χ2v) is 4.68. The molecule has 19 heavy (non-hydrogen) atoms. The van der Waals surface area contributed by atoms with E-state index in [0.717, 1.165) is 5.52 Å². The molecule has 0 aliphatic rings. The third-order valence-corrected chi connectivity index (χ3v) is 3.28. The van der Waals surface area contributed by atoms with E-state index in [-0.39, 0.29) is 5.91 Å². The summed E-state index contributed by atoms with van der Waals surface area (Å²) in [5.41, 5.74) is 2.24. The number of benzene rings is 1. The predicted octanol–water partition coefficient (Wildman–Crippen LogP) is 2.32. The van der Waals surface area contributed by atoms with Gasteiger partial charge in [0, 0.05) is 30.7 Å². The maximum absolute atomic E-state index is 12.1. The zero-order valence-corrected chi connectivity index (χ0v) is 11.3. The van der Waals surface area contributed by atoms with Gasteiger partial charge in [-0.2, -0.15) is 5.26 Å². The maximum Gasteiger partial charge on any atom is 0.242 e. The van der Waals surface area contributed by atoms with Crippen LogP contribution in [0.2, 0.25) is 0 Å². The van der Waals surface area contributed by atoms with Crippen molar-refractivity contribution in [3.63, 3.8) is 0 Å². The van der Waals surface area contributed by atoms with Crippen molar-refractivity contribution in [2.75, 3.05) is 13.6 Å². The summed E-state index contributed by atoms with van der Waals surface area (Å²) in [6.07, 6.45) is 2.37. The number of aryl methyl sites for hydroxylation is 1. The van der Waals surface area contributed by atoms with Crippen molar-refractivity contribution >= 4 is 16.8 Å². The molecule has 1 aromatic heterocycles. The Morgan fingerprint density at radius 2 is 2.16 bits per heavy atom. The molecule has 1 aromatic carbocycles. The molecule has 1 heterocycles. The zero-order chi connectivity index (χ0) is 13.8. The Bertz CT molecular complexity index is 636. The number of amides is 1. The normalized spacial score (nSPS) is 10.4. The van der Waals surface area contributed by atoms with Crippen LogP contribution in [0.25, 0.3) is 10.9 Å². The molecule has 2 rings (SSSR count). The van der Waals surface area contributed by atoms with Crippen LogP contribution in [0.4, 0.5) is 0 Å². The summed E-state index contributed by atoms with van der Waals surface area (Å²) in [6.45, 7) is 2.84. The summed E-state index contributed by atoms with van der Waals surface area (Å²) >= 11 is 0. The molecule has 0 fully saturated rings. The van der Waals surface area contributed by atoms with E-state index in [0.29, 0.717) is 19.5 Å². The first-order valence-corrected chi connectivity index (χ1v) is 6.29. The molecule has 0 saturated carbocycles. The summed E-state index contributed by atoms with van der Waals surface area (Å²) in [5.74, 6) is 0.0241. The predicted molar refractivity (Wildman–Crippen MR) is 74.5 cm³/mol. The van der Waals surface area contributed by atoms with E-state index >= 15 is 0 Å². The van der Waals surface area contributed by atoms with Gasteiger partial charge in [-0.3, -0.25) is 4.79 Å². The highest BCUT2D eigenvalue weighted by atomic mass is 16.2. The van der Waals surface area contributed by atoms with Crippen LogP contribution < -0.4 is 0 Å². The van der Waals surface area contributed by atoms with E-state index in [1.807, 2.05) is 35.9 Å². The summed E-state index contributed by atoms with van der Waals surface area (Å²) in [5, 5.41) is 9.71. The van der Waals surface area contributed by atoms with Gasteiger partial charge in [0.25, 0.3) is 0 Å². The molecule has 1 amide bonds. The number of hydrogen-bond acceptors (Lipinski definition) is 2. The van der Waals surface area contributed by atoms with Crippen molar-refractivity contribution in [2.45, 2.75) is 19.9 Å². The minimum Gasteiger partial charge on any atom is -0.343 e. The zero-order valence-electron chi connectivity index (χ0n) is 11.3. The Morgan fingerprint density at radius 3 is 2.89 bits per heavy atom. The number of likely N-dealkylation sites (N-methyl/N-ethyl adjacent to an activating group) is 1. The molecule has 0 bridgehead atoms. The van der Waals surface area contributed by atoms with Gasteiger partial charge in [0.1, 0.15) is 6.54 Å². The SMILES string of the molecule is Cc1cn(CC(=O)N(C)CCC#N)c2ccccc12. The first-order valence-electron chi connectivity index (χ1n) is 6.29. The minimum absolute atomic E-state index is 0.0241. The van der Waals surface area contributed by atoms with Gasteiger partial charge < -0.3 is 9.47 Å². The van der Waals surface area contributed by atoms with Gasteiger partial charge in [-0.25, -0.2) is 0 Å². The summed E-state index contributed by atoms with van der Waals surface area (Å²) < 4.78 is 1.97. The Kier molecular flexibility index (Phi) is 3.86. The van der Waals surface area contributed by atoms with Gasteiger partial charge in [0.05, 0.1) is 12.5 Å². The molecule has 0 N–H and O–H groups in total. The smallest absolute Gasteiger partial charge is 0.242 e. The molecule has 0 saturated heterocycles. The van der Waals surface area contributed by atoms with Gasteiger partial charge in [-0.1, -0.05) is 18.2 Å². The van der Waals surface area contributed by atoms with Crippen LogP contribution in [0, 0.1) is 18.3 Å². The fourth-order valence-corrected chi connectivity index (χ4v) is 2.17. The number of para-hydroxylation sites is 1. The Balaban J connectivity index is 2.18. The number of carbonyl (C=O) groups is 1. The maximum atomic E-state index is 12.1. The standard InChI is InChI=1S/C15H17N3O/c1-12-10-18(14-7-4-3-6-13(12)14)11-15(19)17(2)9-5-8-16/h3-4,6-7,10H,5,9,11H2,1-2H3. The van der Waals surface area contributed by atoms with Gasteiger partial charge in [0.2, 0.25) is 5.91 Å². The van der Waals surface area contributed by atoms with Crippen LogP contribution in [-0.2, 0) is 11.3 Å². The molecule has 98 valence electrons. The quantitative estimate of drug-likeness (QED) is 0.841. The van der Waals surface area contributed by atoms with E-state index in [1.54, 1.807) is 11.9 Å². The number of fused-ring (bicyclic) bond motifs is 1. The van der Waals surface area contributed by atoms with Crippen LogP contribution in [0.1, 0.15) is 12.0 Å². The largest absolute Gasteiger partial charge is 0.343 e. The van der Waals surface area contributed by atoms with E-state index in [4.69, 9.17) is 5.26 Å². The highest BCUT2D eigenvalue weighted by Gasteiger charge is 2.11. The van der Waals surface area contributed by atoms with E-state index in [9.17, 15) is 4.79 Å². The number of nitriles is 1. The average Bonchev–Trinajstić information content (AvgIpc) is 2.73. The highest BCUT2D eigenvalue weighted by Crippen LogP contribution is 2.20. The number of rotatable bonds is 4. The summed E-state index contributed by atoms with van der Waals surface area (Å²) in [7, 11) is 1.73. The Labute approximate surface area is 112 Å².